The first-order valence-corrected chi connectivity index (χ1v) is 7.82. The van der Waals surface area contributed by atoms with Crippen LogP contribution in [0.15, 0.2) is 28.5 Å². The van der Waals surface area contributed by atoms with Crippen molar-refractivity contribution in [3.8, 4) is 0 Å². The van der Waals surface area contributed by atoms with E-state index in [1.807, 2.05) is 4.72 Å². The topological polar surface area (TPSA) is 83.5 Å². The summed E-state index contributed by atoms with van der Waals surface area (Å²) in [6, 6.07) is 3.83. The van der Waals surface area contributed by atoms with Crippen LogP contribution >= 0.6 is 11.3 Å². The zero-order valence-corrected chi connectivity index (χ0v) is 12.2. The van der Waals surface area contributed by atoms with Gasteiger partial charge in [-0.25, -0.2) is 22.0 Å². The molecule has 0 bridgehead atoms. The number of aryl methyl sites for hydroxylation is 1. The van der Waals surface area contributed by atoms with E-state index in [9.17, 15) is 22.0 Å². The van der Waals surface area contributed by atoms with E-state index in [1.54, 1.807) is 13.0 Å². The Kier molecular flexibility index (Phi) is 3.97. The number of hydrogen-bond acceptors (Lipinski definition) is 4. The summed E-state index contributed by atoms with van der Waals surface area (Å²) in [5.74, 6) is -4.11. The van der Waals surface area contributed by atoms with Crippen LogP contribution in [0.1, 0.15) is 15.2 Å². The maximum absolute atomic E-state index is 13.6. The first-order valence-electron chi connectivity index (χ1n) is 5.52. The van der Waals surface area contributed by atoms with Gasteiger partial charge in [0.25, 0.3) is 10.0 Å². The fraction of sp³-hybridized carbons (Fsp3) is 0.0833. The van der Waals surface area contributed by atoms with E-state index >= 15 is 0 Å². The number of thiophene rings is 1. The monoisotopic (exact) mass is 333 g/mol. The van der Waals surface area contributed by atoms with Crippen molar-refractivity contribution in [2.45, 2.75) is 11.1 Å². The quantitative estimate of drug-likeness (QED) is 0.901. The van der Waals surface area contributed by atoms with Crippen LogP contribution in [-0.2, 0) is 10.0 Å². The molecule has 0 spiro atoms. The van der Waals surface area contributed by atoms with Gasteiger partial charge in [-0.15, -0.1) is 11.3 Å². The van der Waals surface area contributed by atoms with Gasteiger partial charge in [-0.1, -0.05) is 0 Å². The molecule has 5 nitrogen and oxygen atoms in total. The maximum atomic E-state index is 13.6. The van der Waals surface area contributed by atoms with Crippen LogP contribution in [0.25, 0.3) is 0 Å². The second-order valence-electron chi connectivity index (χ2n) is 4.09. The fourth-order valence-electron chi connectivity index (χ4n) is 1.54. The van der Waals surface area contributed by atoms with Crippen molar-refractivity contribution in [2.75, 3.05) is 4.72 Å². The highest BCUT2D eigenvalue weighted by molar-refractivity contribution is 7.94. The minimum Gasteiger partial charge on any atom is -0.478 e. The Morgan fingerprint density at radius 3 is 2.43 bits per heavy atom. The summed E-state index contributed by atoms with van der Waals surface area (Å²) in [5.41, 5.74) is -1.45. The molecule has 0 amide bonds. The lowest BCUT2D eigenvalue weighted by atomic mass is 10.2. The molecule has 21 heavy (non-hydrogen) atoms. The second-order valence-corrected chi connectivity index (χ2v) is 7.28. The van der Waals surface area contributed by atoms with Gasteiger partial charge < -0.3 is 5.11 Å². The van der Waals surface area contributed by atoms with E-state index in [-0.39, 0.29) is 4.21 Å². The third kappa shape index (κ3) is 3.19. The summed E-state index contributed by atoms with van der Waals surface area (Å²) < 4.78 is 52.7. The number of rotatable bonds is 4. The third-order valence-electron chi connectivity index (χ3n) is 2.51. The number of halogens is 2. The number of sulfonamides is 1. The van der Waals surface area contributed by atoms with E-state index in [4.69, 9.17) is 5.11 Å². The van der Waals surface area contributed by atoms with Crippen LogP contribution in [-0.4, -0.2) is 19.5 Å². The van der Waals surface area contributed by atoms with Gasteiger partial charge in [-0.05, 0) is 25.1 Å². The zero-order chi connectivity index (χ0) is 15.8. The molecule has 112 valence electrons. The van der Waals surface area contributed by atoms with Gasteiger partial charge >= 0.3 is 5.97 Å². The van der Waals surface area contributed by atoms with Crippen LogP contribution in [0.2, 0.25) is 0 Å². The predicted octanol–water partition coefficient (Wildman–Crippen LogP) is 2.83. The lowest BCUT2D eigenvalue weighted by molar-refractivity contribution is 0.0692. The number of carbonyl (C=O) groups is 1. The SMILES string of the molecule is Cc1ccc(S(=O)(=O)Nc2cc(C(=O)O)c(F)cc2F)s1. The lowest BCUT2D eigenvalue weighted by Crippen LogP contribution is -2.14. The molecule has 0 aliphatic rings. The molecule has 0 atom stereocenters. The molecule has 2 rings (SSSR count). The van der Waals surface area contributed by atoms with Gasteiger partial charge in [0.1, 0.15) is 15.8 Å². The van der Waals surface area contributed by atoms with Gasteiger partial charge in [0.15, 0.2) is 0 Å². The fourth-order valence-corrected chi connectivity index (χ4v) is 3.88. The van der Waals surface area contributed by atoms with Crippen molar-refractivity contribution in [1.29, 1.82) is 0 Å². The average molecular weight is 333 g/mol. The van der Waals surface area contributed by atoms with E-state index in [2.05, 4.69) is 0 Å². The summed E-state index contributed by atoms with van der Waals surface area (Å²) in [4.78, 5) is 11.5. The second kappa shape index (κ2) is 5.41. The molecule has 9 heteroatoms. The van der Waals surface area contributed by atoms with Crippen LogP contribution < -0.4 is 4.72 Å². The molecule has 0 aliphatic carbocycles. The minimum absolute atomic E-state index is 0.0550. The van der Waals surface area contributed by atoms with E-state index in [1.165, 1.54) is 6.07 Å². The van der Waals surface area contributed by atoms with E-state index in [0.717, 1.165) is 16.2 Å². The minimum atomic E-state index is -4.06. The molecule has 0 saturated heterocycles. The van der Waals surface area contributed by atoms with E-state index < -0.39 is 38.9 Å². The number of benzene rings is 1. The van der Waals surface area contributed by atoms with Gasteiger partial charge in [0.05, 0.1) is 11.3 Å². The van der Waals surface area contributed by atoms with Crippen LogP contribution in [0, 0.1) is 18.6 Å². The normalized spacial score (nSPS) is 11.4. The molecule has 0 unspecified atom stereocenters. The number of carboxylic acid groups (broad SMARTS) is 1. The average Bonchev–Trinajstić information content (AvgIpc) is 2.79. The molecule has 0 saturated carbocycles. The molecule has 0 aliphatic heterocycles. The van der Waals surface area contributed by atoms with Crippen molar-refractivity contribution in [1.82, 2.24) is 0 Å². The Morgan fingerprint density at radius 1 is 1.24 bits per heavy atom. The molecule has 0 fully saturated rings. The molecular formula is C12H9F2NO4S2. The summed E-state index contributed by atoms with van der Waals surface area (Å²) in [6.07, 6.45) is 0. The zero-order valence-electron chi connectivity index (χ0n) is 10.6. The molecule has 2 N–H and O–H groups in total. The van der Waals surface area contributed by atoms with Crippen LogP contribution in [0.5, 0.6) is 0 Å². The maximum Gasteiger partial charge on any atom is 0.338 e. The highest BCUT2D eigenvalue weighted by Crippen LogP contribution is 2.26. The van der Waals surface area contributed by atoms with Crippen LogP contribution in [0.4, 0.5) is 14.5 Å². The van der Waals surface area contributed by atoms with Gasteiger partial charge in [0, 0.05) is 10.9 Å². The lowest BCUT2D eigenvalue weighted by Gasteiger charge is -2.09. The van der Waals surface area contributed by atoms with Crippen LogP contribution in [0.3, 0.4) is 0 Å². The van der Waals surface area contributed by atoms with Crippen molar-refractivity contribution >= 4 is 33.0 Å². The van der Waals surface area contributed by atoms with Crippen molar-refractivity contribution < 1.29 is 27.1 Å². The Balaban J connectivity index is 2.44. The number of carboxylic acids is 1. The molecule has 1 aromatic carbocycles. The number of aromatic carboxylic acids is 1. The number of hydrogen-bond donors (Lipinski definition) is 2. The first-order chi connectivity index (χ1) is 9.70. The summed E-state index contributed by atoms with van der Waals surface area (Å²) in [5, 5.41) is 8.76. The summed E-state index contributed by atoms with van der Waals surface area (Å²) in [6.45, 7) is 1.70. The Bertz CT molecular complexity index is 815. The highest BCUT2D eigenvalue weighted by Gasteiger charge is 2.21. The van der Waals surface area contributed by atoms with Gasteiger partial charge in [0.2, 0.25) is 0 Å². The molecular weight excluding hydrogens is 324 g/mol. The number of nitrogens with one attached hydrogen (secondary N) is 1. The van der Waals surface area contributed by atoms with Crippen molar-refractivity contribution in [2.24, 2.45) is 0 Å². The predicted molar refractivity (Wildman–Crippen MR) is 73.2 cm³/mol. The molecule has 2 aromatic rings. The summed E-state index contributed by atoms with van der Waals surface area (Å²) in [7, 11) is -4.06. The number of anilines is 1. The van der Waals surface area contributed by atoms with Crippen molar-refractivity contribution in [3.05, 3.63) is 46.3 Å². The van der Waals surface area contributed by atoms with E-state index in [0.29, 0.717) is 12.1 Å². The largest absolute Gasteiger partial charge is 0.478 e. The highest BCUT2D eigenvalue weighted by atomic mass is 32.2. The Morgan fingerprint density at radius 2 is 1.90 bits per heavy atom. The first kappa shape index (κ1) is 15.4. The third-order valence-corrected chi connectivity index (χ3v) is 5.37. The smallest absolute Gasteiger partial charge is 0.338 e. The van der Waals surface area contributed by atoms with Gasteiger partial charge in [-0.2, -0.15) is 0 Å². The van der Waals surface area contributed by atoms with Crippen molar-refractivity contribution in [3.63, 3.8) is 0 Å². The Hall–Kier alpha value is -2.00. The standard InChI is InChI=1S/C12H9F2NO4S2/c1-6-2-3-11(20-6)21(18,19)15-10-4-7(12(16)17)8(13)5-9(10)14/h2-5,15H,1H3,(H,16,17). The molecule has 1 aromatic heterocycles. The summed E-state index contributed by atoms with van der Waals surface area (Å²) >= 11 is 0.970. The molecule has 1 heterocycles. The Labute approximate surface area is 122 Å². The van der Waals surface area contributed by atoms with Gasteiger partial charge in [-0.3, -0.25) is 4.72 Å². The molecule has 0 radical (unpaired) electrons.